The second-order valence-electron chi connectivity index (χ2n) is 5.02. The average Bonchev–Trinajstić information content (AvgIpc) is 2.58. The van der Waals surface area contributed by atoms with Gasteiger partial charge in [-0.1, -0.05) is 42.5 Å². The quantitative estimate of drug-likeness (QED) is 0.869. The van der Waals surface area contributed by atoms with Crippen LogP contribution in [0.5, 0.6) is 5.75 Å². The highest BCUT2D eigenvalue weighted by Gasteiger charge is 2.23. The number of amides is 1. The number of carbonyl (C=O) groups is 1. The van der Waals surface area contributed by atoms with Gasteiger partial charge in [0.05, 0.1) is 13.7 Å². The van der Waals surface area contributed by atoms with Crippen molar-refractivity contribution in [1.82, 2.24) is 5.06 Å². The summed E-state index contributed by atoms with van der Waals surface area (Å²) in [5.74, 6) is 0.639. The maximum atomic E-state index is 12.0. The summed E-state index contributed by atoms with van der Waals surface area (Å²) in [4.78, 5) is 17.8. The third-order valence-corrected chi connectivity index (χ3v) is 3.51. The first-order valence-electron chi connectivity index (χ1n) is 7.10. The van der Waals surface area contributed by atoms with Crippen LogP contribution in [-0.2, 0) is 16.2 Å². The predicted molar refractivity (Wildman–Crippen MR) is 83.0 cm³/mol. The summed E-state index contributed by atoms with van der Waals surface area (Å²) < 4.78 is 5.13. The Morgan fingerprint density at radius 1 is 1.09 bits per heavy atom. The van der Waals surface area contributed by atoms with Crippen molar-refractivity contribution < 1.29 is 14.4 Å². The fourth-order valence-corrected chi connectivity index (χ4v) is 2.30. The van der Waals surface area contributed by atoms with Crippen LogP contribution in [0.4, 0.5) is 0 Å². The molecule has 0 unspecified atom stereocenters. The second kappa shape index (κ2) is 6.45. The first-order valence-corrected chi connectivity index (χ1v) is 7.10. The van der Waals surface area contributed by atoms with E-state index in [4.69, 9.17) is 9.57 Å². The highest BCUT2D eigenvalue weighted by Crippen LogP contribution is 2.25. The van der Waals surface area contributed by atoms with E-state index in [2.05, 4.69) is 0 Å². The van der Waals surface area contributed by atoms with Crippen LogP contribution in [0.25, 0.3) is 0 Å². The molecular formula is C18H17NO3. The van der Waals surface area contributed by atoms with Crippen molar-refractivity contribution in [1.29, 1.82) is 0 Å². The van der Waals surface area contributed by atoms with Crippen LogP contribution < -0.4 is 4.74 Å². The molecule has 0 aromatic heterocycles. The molecule has 4 heteroatoms. The minimum atomic E-state index is -0.239. The van der Waals surface area contributed by atoms with Crippen LogP contribution in [0.15, 0.2) is 66.7 Å². The number of hydrogen-bond acceptors (Lipinski definition) is 3. The molecule has 0 spiro atoms. The molecule has 2 aromatic carbocycles. The largest absolute Gasteiger partial charge is 0.497 e. The molecule has 0 bridgehead atoms. The lowest BCUT2D eigenvalue weighted by molar-refractivity contribution is -0.203. The minimum Gasteiger partial charge on any atom is -0.497 e. The van der Waals surface area contributed by atoms with Gasteiger partial charge in [-0.15, -0.1) is 0 Å². The molecule has 0 fully saturated rings. The molecular weight excluding hydrogens is 278 g/mol. The number of benzene rings is 2. The summed E-state index contributed by atoms with van der Waals surface area (Å²) in [6, 6.07) is 17.4. The SMILES string of the molecule is COc1ccc(CN2O[C@H](c3ccccc3)C=CC2=O)cc1. The van der Waals surface area contributed by atoms with Gasteiger partial charge in [-0.25, -0.2) is 5.06 Å². The number of rotatable bonds is 4. The van der Waals surface area contributed by atoms with Crippen molar-refractivity contribution >= 4 is 5.91 Å². The molecule has 1 heterocycles. The van der Waals surface area contributed by atoms with Gasteiger partial charge in [0.15, 0.2) is 0 Å². The lowest BCUT2D eigenvalue weighted by Gasteiger charge is -2.28. The third kappa shape index (κ3) is 3.18. The molecule has 0 saturated heterocycles. The average molecular weight is 295 g/mol. The van der Waals surface area contributed by atoms with Crippen molar-refractivity contribution in [3.05, 3.63) is 77.9 Å². The Balaban J connectivity index is 1.73. The van der Waals surface area contributed by atoms with Crippen molar-refractivity contribution in [2.45, 2.75) is 12.6 Å². The highest BCUT2D eigenvalue weighted by molar-refractivity contribution is 5.87. The van der Waals surface area contributed by atoms with Gasteiger partial charge < -0.3 is 4.74 Å². The zero-order chi connectivity index (χ0) is 15.4. The maximum absolute atomic E-state index is 12.0. The van der Waals surface area contributed by atoms with Crippen LogP contribution in [0.1, 0.15) is 17.2 Å². The summed E-state index contributed by atoms with van der Waals surface area (Å²) in [5.41, 5.74) is 2.00. The number of methoxy groups -OCH3 is 1. The molecule has 1 amide bonds. The lowest BCUT2D eigenvalue weighted by Crippen LogP contribution is -2.33. The van der Waals surface area contributed by atoms with Gasteiger partial charge in [-0.2, -0.15) is 0 Å². The van der Waals surface area contributed by atoms with Gasteiger partial charge >= 0.3 is 0 Å². The van der Waals surface area contributed by atoms with E-state index in [-0.39, 0.29) is 12.0 Å². The molecule has 22 heavy (non-hydrogen) atoms. The molecule has 0 N–H and O–H groups in total. The van der Waals surface area contributed by atoms with Crippen molar-refractivity contribution in [2.75, 3.05) is 7.11 Å². The van der Waals surface area contributed by atoms with E-state index in [1.54, 1.807) is 19.3 Å². The Morgan fingerprint density at radius 3 is 2.50 bits per heavy atom. The highest BCUT2D eigenvalue weighted by atomic mass is 16.7. The molecule has 2 aromatic rings. The van der Waals surface area contributed by atoms with Crippen molar-refractivity contribution in [3.63, 3.8) is 0 Å². The van der Waals surface area contributed by atoms with E-state index in [0.29, 0.717) is 6.54 Å². The summed E-state index contributed by atoms with van der Waals surface area (Å²) in [7, 11) is 1.63. The van der Waals surface area contributed by atoms with Gasteiger partial charge in [0, 0.05) is 6.08 Å². The smallest absolute Gasteiger partial charge is 0.270 e. The van der Waals surface area contributed by atoms with Crippen LogP contribution >= 0.6 is 0 Å². The fraction of sp³-hybridized carbons (Fsp3) is 0.167. The Bertz CT molecular complexity index is 664. The van der Waals surface area contributed by atoms with Crippen molar-refractivity contribution in [2.24, 2.45) is 0 Å². The van der Waals surface area contributed by atoms with Crippen LogP contribution in [0, 0.1) is 0 Å². The Morgan fingerprint density at radius 2 is 1.82 bits per heavy atom. The van der Waals surface area contributed by atoms with Gasteiger partial charge in [0.1, 0.15) is 11.9 Å². The second-order valence-corrected chi connectivity index (χ2v) is 5.02. The van der Waals surface area contributed by atoms with Crippen molar-refractivity contribution in [3.8, 4) is 5.75 Å². The first-order chi connectivity index (χ1) is 10.8. The zero-order valence-electron chi connectivity index (χ0n) is 12.3. The van der Waals surface area contributed by atoms with E-state index in [1.807, 2.05) is 54.6 Å². The molecule has 3 rings (SSSR count). The van der Waals surface area contributed by atoms with E-state index < -0.39 is 0 Å². The first kappa shape index (κ1) is 14.4. The lowest BCUT2D eigenvalue weighted by atomic mass is 10.1. The molecule has 1 aliphatic heterocycles. The van der Waals surface area contributed by atoms with Gasteiger partial charge in [0.2, 0.25) is 0 Å². The summed E-state index contributed by atoms with van der Waals surface area (Å²) in [6.45, 7) is 0.399. The Labute approximate surface area is 129 Å². The van der Waals surface area contributed by atoms with Gasteiger partial charge in [-0.3, -0.25) is 9.63 Å². The van der Waals surface area contributed by atoms with Gasteiger partial charge in [-0.05, 0) is 29.3 Å². The van der Waals surface area contributed by atoms with E-state index >= 15 is 0 Å². The summed E-state index contributed by atoms with van der Waals surface area (Å²) >= 11 is 0. The number of hydroxylamine groups is 2. The molecule has 112 valence electrons. The summed E-state index contributed by atoms with van der Waals surface area (Å²) in [5, 5.41) is 1.39. The monoisotopic (exact) mass is 295 g/mol. The van der Waals surface area contributed by atoms with Crippen LogP contribution in [0.3, 0.4) is 0 Å². The number of carbonyl (C=O) groups excluding carboxylic acids is 1. The maximum Gasteiger partial charge on any atom is 0.270 e. The zero-order valence-corrected chi connectivity index (χ0v) is 12.3. The topological polar surface area (TPSA) is 38.8 Å². The van der Waals surface area contributed by atoms with Crippen LogP contribution in [-0.4, -0.2) is 18.1 Å². The Hall–Kier alpha value is -2.59. The number of hydrogen-bond donors (Lipinski definition) is 0. The molecule has 0 saturated carbocycles. The van der Waals surface area contributed by atoms with E-state index in [1.165, 1.54) is 5.06 Å². The minimum absolute atomic E-state index is 0.150. The molecule has 0 aliphatic carbocycles. The number of nitrogens with zero attached hydrogens (tertiary/aromatic N) is 1. The van der Waals surface area contributed by atoms with E-state index in [9.17, 15) is 4.79 Å². The van der Waals surface area contributed by atoms with E-state index in [0.717, 1.165) is 16.9 Å². The molecule has 0 radical (unpaired) electrons. The van der Waals surface area contributed by atoms with Crippen LogP contribution in [0.2, 0.25) is 0 Å². The predicted octanol–water partition coefficient (Wildman–Crippen LogP) is 3.27. The molecule has 1 atom stereocenters. The molecule has 1 aliphatic rings. The van der Waals surface area contributed by atoms with Gasteiger partial charge in [0.25, 0.3) is 5.91 Å². The fourth-order valence-electron chi connectivity index (χ4n) is 2.30. The normalized spacial score (nSPS) is 17.6. The Kier molecular flexibility index (Phi) is 4.21. The number of ether oxygens (including phenoxy) is 1. The standard InChI is InChI=1S/C18H17NO3/c1-21-16-9-7-14(8-10-16)13-19-18(20)12-11-17(22-19)15-5-3-2-4-6-15/h2-12,17H,13H2,1H3/t17-/m0/s1. The molecule has 4 nitrogen and oxygen atoms in total. The third-order valence-electron chi connectivity index (χ3n) is 3.51. The summed E-state index contributed by atoms with van der Waals surface area (Å²) in [6.07, 6.45) is 3.10.